The predicted molar refractivity (Wildman–Crippen MR) is 27.8 cm³/mol. The fourth-order valence-electron chi connectivity index (χ4n) is 0.419. The number of hydrogen-bond acceptors (Lipinski definition) is 0. The average Bonchev–Trinajstić information content (AvgIpc) is 1.99. The molecule has 1 saturated carbocycles. The lowest BCUT2D eigenvalue weighted by atomic mass is 10.5. The molecule has 3 heteroatoms. The zero-order chi connectivity index (χ0) is 5.49. The summed E-state index contributed by atoms with van der Waals surface area (Å²) in [4.78, 5) is 0. The molecule has 1 nitrogen and oxygen atoms in total. The Hall–Kier alpha value is 0.540. The first-order valence-electron chi connectivity index (χ1n) is 2.19. The minimum absolute atomic E-state index is 0.0239. The molecule has 0 aromatic heterocycles. The number of halogens is 2. The van der Waals surface area contributed by atoms with Crippen molar-refractivity contribution in [2.75, 3.05) is 0 Å². The maximum absolute atomic E-state index is 10.4. The smallest absolute Gasteiger partial charge is 0.193 e. The molecule has 0 aromatic rings. The van der Waals surface area contributed by atoms with E-state index >= 15 is 0 Å². The maximum Gasteiger partial charge on any atom is 0.252 e. The van der Waals surface area contributed by atoms with Gasteiger partial charge in [-0.1, -0.05) is 23.2 Å². The van der Waals surface area contributed by atoms with Gasteiger partial charge in [-0.3, -0.25) is 0 Å². The van der Waals surface area contributed by atoms with Crippen LogP contribution < -0.4 is 0 Å². The summed E-state index contributed by atoms with van der Waals surface area (Å²) in [7, 11) is 0. The zero-order valence-electron chi connectivity index (χ0n) is 3.66. The Morgan fingerprint density at radius 2 is 1.86 bits per heavy atom. The second kappa shape index (κ2) is 1.51. The van der Waals surface area contributed by atoms with Gasteiger partial charge in [0.25, 0.3) is 4.52 Å². The van der Waals surface area contributed by atoms with Crippen LogP contribution in [-0.4, -0.2) is 4.52 Å². The van der Waals surface area contributed by atoms with Crippen molar-refractivity contribution in [1.82, 2.24) is 0 Å². The Morgan fingerprint density at radius 3 is 1.86 bits per heavy atom. The molecule has 0 heterocycles. The van der Waals surface area contributed by atoms with Crippen molar-refractivity contribution in [1.29, 1.82) is 0 Å². The van der Waals surface area contributed by atoms with E-state index < -0.39 is 4.52 Å². The summed E-state index contributed by atoms with van der Waals surface area (Å²) >= 11 is 10.3. The van der Waals surface area contributed by atoms with Crippen molar-refractivity contribution in [3.8, 4) is 0 Å². The molecule has 1 radical (unpaired) electrons. The van der Waals surface area contributed by atoms with Gasteiger partial charge in [-0.2, -0.15) is 5.11 Å². The number of hydrogen-bond donors (Lipinski definition) is 0. The molecule has 1 aliphatic carbocycles. The van der Waals surface area contributed by atoms with Gasteiger partial charge in [0.2, 0.25) is 0 Å². The third-order valence-corrected chi connectivity index (χ3v) is 1.67. The topological polar surface area (TPSA) is 19.9 Å². The van der Waals surface area contributed by atoms with Gasteiger partial charge in [-0.25, -0.2) is 0 Å². The summed E-state index contributed by atoms with van der Waals surface area (Å²) < 4.78 is -1.69. The second-order valence-electron chi connectivity index (χ2n) is 1.84. The highest BCUT2D eigenvalue weighted by Crippen LogP contribution is 2.44. The first-order chi connectivity index (χ1) is 3.11. The Kier molecular flexibility index (Phi) is 1.22. The minimum atomic E-state index is -1.69. The van der Waals surface area contributed by atoms with E-state index in [1.807, 2.05) is 0 Å². The quantitative estimate of drug-likeness (QED) is 0.496. The third kappa shape index (κ3) is 1.48. The molecule has 41 valence electrons. The van der Waals surface area contributed by atoms with Crippen molar-refractivity contribution >= 4 is 23.2 Å². The molecule has 0 amide bonds. The van der Waals surface area contributed by atoms with Crippen molar-refractivity contribution in [3.63, 3.8) is 0 Å². The molecule has 0 N–H and O–H groups in total. The summed E-state index contributed by atoms with van der Waals surface area (Å²) in [6, 6.07) is 0. The first kappa shape index (κ1) is 5.67. The summed E-state index contributed by atoms with van der Waals surface area (Å²) in [6.45, 7) is 0. The van der Waals surface area contributed by atoms with Crippen LogP contribution in [0.15, 0.2) is 0 Å². The van der Waals surface area contributed by atoms with E-state index in [9.17, 15) is 5.11 Å². The molecule has 1 aliphatic rings. The van der Waals surface area contributed by atoms with E-state index in [0.717, 1.165) is 12.8 Å². The molecule has 1 rings (SSSR count). The van der Waals surface area contributed by atoms with Gasteiger partial charge in [0.15, 0.2) is 0 Å². The molecule has 1 fully saturated rings. The van der Waals surface area contributed by atoms with Gasteiger partial charge in [0.05, 0.1) is 0 Å². The second-order valence-corrected chi connectivity index (χ2v) is 3.15. The van der Waals surface area contributed by atoms with Crippen LogP contribution in [0.3, 0.4) is 0 Å². The average molecular weight is 140 g/mol. The monoisotopic (exact) mass is 139 g/mol. The highest BCUT2D eigenvalue weighted by atomic mass is 35.5. The standard InChI is InChI=1S/C4H5Cl2O/c5-4(6,7)3-1-2-3/h3H,1-2H2. The van der Waals surface area contributed by atoms with Crippen LogP contribution >= 0.6 is 23.2 Å². The van der Waals surface area contributed by atoms with Crippen LogP contribution in [-0.2, 0) is 5.11 Å². The minimum Gasteiger partial charge on any atom is -0.193 e. The summed E-state index contributed by atoms with van der Waals surface area (Å²) in [6.07, 6.45) is 1.80. The third-order valence-electron chi connectivity index (χ3n) is 1.05. The van der Waals surface area contributed by atoms with Crippen LogP contribution in [0.5, 0.6) is 0 Å². The fourth-order valence-corrected chi connectivity index (χ4v) is 0.856. The molecular formula is C4H5Cl2O. The highest BCUT2D eigenvalue weighted by Gasteiger charge is 2.42. The van der Waals surface area contributed by atoms with E-state index in [-0.39, 0.29) is 5.92 Å². The highest BCUT2D eigenvalue weighted by molar-refractivity contribution is 6.47. The molecule has 0 spiro atoms. The molecule has 0 bridgehead atoms. The zero-order valence-corrected chi connectivity index (χ0v) is 5.17. The predicted octanol–water partition coefficient (Wildman–Crippen LogP) is 1.96. The van der Waals surface area contributed by atoms with Crippen LogP contribution in [0.2, 0.25) is 0 Å². The van der Waals surface area contributed by atoms with Crippen molar-refractivity contribution in [2.45, 2.75) is 17.4 Å². The van der Waals surface area contributed by atoms with Crippen LogP contribution in [0.25, 0.3) is 0 Å². The molecule has 0 atom stereocenters. The van der Waals surface area contributed by atoms with E-state index in [1.54, 1.807) is 0 Å². The summed E-state index contributed by atoms with van der Waals surface area (Å²) in [5, 5.41) is 10.4. The van der Waals surface area contributed by atoms with E-state index in [1.165, 1.54) is 0 Å². The van der Waals surface area contributed by atoms with Gasteiger partial charge in [-0.15, -0.1) is 0 Å². The lowest BCUT2D eigenvalue weighted by Gasteiger charge is -2.03. The van der Waals surface area contributed by atoms with Gasteiger partial charge >= 0.3 is 0 Å². The van der Waals surface area contributed by atoms with Crippen LogP contribution in [0.1, 0.15) is 12.8 Å². The Morgan fingerprint density at radius 1 is 1.43 bits per heavy atom. The van der Waals surface area contributed by atoms with Crippen molar-refractivity contribution < 1.29 is 5.11 Å². The Labute approximate surface area is 52.2 Å². The number of rotatable bonds is 1. The lowest BCUT2D eigenvalue weighted by Crippen LogP contribution is -2.10. The summed E-state index contributed by atoms with van der Waals surface area (Å²) in [5.74, 6) is 0.0239. The number of alkyl halides is 2. The van der Waals surface area contributed by atoms with Crippen molar-refractivity contribution in [2.24, 2.45) is 5.92 Å². The molecule has 7 heavy (non-hydrogen) atoms. The van der Waals surface area contributed by atoms with Crippen LogP contribution in [0.4, 0.5) is 0 Å². The maximum atomic E-state index is 10.4. The molecule has 0 aliphatic heterocycles. The Bertz CT molecular complexity index is 72.2. The molecule has 0 unspecified atom stereocenters. The van der Waals surface area contributed by atoms with Gasteiger partial charge < -0.3 is 0 Å². The van der Waals surface area contributed by atoms with Crippen LogP contribution in [0, 0.1) is 5.92 Å². The van der Waals surface area contributed by atoms with Crippen molar-refractivity contribution in [3.05, 3.63) is 0 Å². The SMILES string of the molecule is [O]C(Cl)(Cl)C1CC1. The van der Waals surface area contributed by atoms with E-state index in [4.69, 9.17) is 23.2 Å². The molecule has 0 aromatic carbocycles. The van der Waals surface area contributed by atoms with Gasteiger partial charge in [-0.05, 0) is 12.8 Å². The summed E-state index contributed by atoms with van der Waals surface area (Å²) in [5.41, 5.74) is 0. The molecular weight excluding hydrogens is 135 g/mol. The lowest BCUT2D eigenvalue weighted by molar-refractivity contribution is 0.102. The molecule has 0 saturated heterocycles. The normalized spacial score (nSPS) is 22.7. The first-order valence-corrected chi connectivity index (χ1v) is 2.94. The Balaban J connectivity index is 2.36. The largest absolute Gasteiger partial charge is 0.252 e. The fraction of sp³-hybridized carbons (Fsp3) is 1.00. The van der Waals surface area contributed by atoms with E-state index in [0.29, 0.717) is 0 Å². The van der Waals surface area contributed by atoms with Gasteiger partial charge in [0, 0.05) is 5.92 Å². The van der Waals surface area contributed by atoms with E-state index in [2.05, 4.69) is 0 Å². The van der Waals surface area contributed by atoms with Gasteiger partial charge in [0.1, 0.15) is 0 Å².